The molecule has 1 aliphatic heterocycles. The molecule has 0 spiro atoms. The fourth-order valence-electron chi connectivity index (χ4n) is 3.56. The van der Waals surface area contributed by atoms with Crippen molar-refractivity contribution in [1.82, 2.24) is 0 Å². The second-order valence-electron chi connectivity index (χ2n) is 7.16. The molecule has 3 aromatic rings. The molecule has 0 aliphatic carbocycles. The minimum atomic E-state index is -0.609. The smallest absolute Gasteiger partial charge is 0.411 e. The lowest BCUT2D eigenvalue weighted by Crippen LogP contribution is -2.46. The SMILES string of the molecule is O=C(Nc1ccc(N2CCN(c3ccccc3)CC2)c(F)c1)OCc1ccccc1. The van der Waals surface area contributed by atoms with Gasteiger partial charge in [-0.25, -0.2) is 9.18 Å². The van der Waals surface area contributed by atoms with E-state index in [4.69, 9.17) is 4.74 Å². The molecule has 0 atom stereocenters. The summed E-state index contributed by atoms with van der Waals surface area (Å²) in [6.07, 6.45) is -0.609. The Kier molecular flexibility index (Phi) is 6.13. The molecule has 5 nitrogen and oxygen atoms in total. The van der Waals surface area contributed by atoms with Gasteiger partial charge in [0.25, 0.3) is 0 Å². The largest absolute Gasteiger partial charge is 0.444 e. The van der Waals surface area contributed by atoms with Gasteiger partial charge < -0.3 is 14.5 Å². The van der Waals surface area contributed by atoms with Gasteiger partial charge in [0, 0.05) is 37.6 Å². The number of nitrogens with zero attached hydrogens (tertiary/aromatic N) is 2. The van der Waals surface area contributed by atoms with E-state index in [1.165, 1.54) is 11.8 Å². The lowest BCUT2D eigenvalue weighted by atomic mass is 10.2. The van der Waals surface area contributed by atoms with Crippen molar-refractivity contribution in [3.63, 3.8) is 0 Å². The van der Waals surface area contributed by atoms with E-state index in [-0.39, 0.29) is 12.4 Å². The van der Waals surface area contributed by atoms with E-state index >= 15 is 0 Å². The first-order valence-electron chi connectivity index (χ1n) is 10.0. The van der Waals surface area contributed by atoms with E-state index in [0.717, 1.165) is 31.7 Å². The summed E-state index contributed by atoms with van der Waals surface area (Å²) in [5.74, 6) is -0.357. The molecule has 0 bridgehead atoms. The van der Waals surface area contributed by atoms with Crippen LogP contribution in [0.3, 0.4) is 0 Å². The second kappa shape index (κ2) is 9.31. The highest BCUT2D eigenvalue weighted by molar-refractivity contribution is 5.85. The van der Waals surface area contributed by atoms with Gasteiger partial charge in [0.05, 0.1) is 5.69 Å². The Morgan fingerprint density at radius 1 is 0.867 bits per heavy atom. The fourth-order valence-corrected chi connectivity index (χ4v) is 3.56. The van der Waals surface area contributed by atoms with E-state index in [1.807, 2.05) is 53.4 Å². The fraction of sp³-hybridized carbons (Fsp3) is 0.208. The van der Waals surface area contributed by atoms with Crippen molar-refractivity contribution in [3.8, 4) is 0 Å². The number of halogens is 1. The molecule has 0 radical (unpaired) electrons. The molecule has 1 fully saturated rings. The number of rotatable bonds is 5. The van der Waals surface area contributed by atoms with Crippen LogP contribution in [-0.2, 0) is 11.3 Å². The molecule has 1 aliphatic rings. The van der Waals surface area contributed by atoms with Crippen LogP contribution in [0.2, 0.25) is 0 Å². The van der Waals surface area contributed by atoms with Crippen molar-refractivity contribution < 1.29 is 13.9 Å². The van der Waals surface area contributed by atoms with E-state index in [1.54, 1.807) is 12.1 Å². The lowest BCUT2D eigenvalue weighted by molar-refractivity contribution is 0.155. The normalized spacial score (nSPS) is 13.8. The zero-order valence-corrected chi connectivity index (χ0v) is 16.6. The third-order valence-electron chi connectivity index (χ3n) is 5.15. The number of carbonyl (C=O) groups excluding carboxylic acids is 1. The maximum Gasteiger partial charge on any atom is 0.411 e. The molecular weight excluding hydrogens is 381 g/mol. The van der Waals surface area contributed by atoms with Gasteiger partial charge in [-0.2, -0.15) is 0 Å². The predicted octanol–water partition coefficient (Wildman–Crippen LogP) is 4.90. The lowest BCUT2D eigenvalue weighted by Gasteiger charge is -2.37. The Hall–Kier alpha value is -3.54. The third-order valence-corrected chi connectivity index (χ3v) is 5.15. The summed E-state index contributed by atoms with van der Waals surface area (Å²) < 4.78 is 19.9. The second-order valence-corrected chi connectivity index (χ2v) is 7.16. The molecule has 3 aromatic carbocycles. The number of anilines is 3. The first-order chi connectivity index (χ1) is 14.7. The van der Waals surface area contributed by atoms with Crippen molar-refractivity contribution >= 4 is 23.2 Å². The van der Waals surface area contributed by atoms with E-state index in [9.17, 15) is 9.18 Å². The zero-order valence-electron chi connectivity index (χ0n) is 16.6. The first kappa shape index (κ1) is 19.8. The molecule has 1 heterocycles. The topological polar surface area (TPSA) is 44.8 Å². The van der Waals surface area contributed by atoms with Crippen LogP contribution in [-0.4, -0.2) is 32.3 Å². The minimum absolute atomic E-state index is 0.166. The van der Waals surface area contributed by atoms with Gasteiger partial charge in [-0.1, -0.05) is 48.5 Å². The maximum absolute atomic E-state index is 14.7. The van der Waals surface area contributed by atoms with Crippen LogP contribution in [0, 0.1) is 5.82 Å². The van der Waals surface area contributed by atoms with Gasteiger partial charge in [0.2, 0.25) is 0 Å². The van der Waals surface area contributed by atoms with Gasteiger partial charge in [0.15, 0.2) is 0 Å². The van der Waals surface area contributed by atoms with Crippen LogP contribution < -0.4 is 15.1 Å². The van der Waals surface area contributed by atoms with Crippen molar-refractivity contribution in [2.24, 2.45) is 0 Å². The molecule has 1 amide bonds. The minimum Gasteiger partial charge on any atom is -0.444 e. The molecule has 0 aromatic heterocycles. The van der Waals surface area contributed by atoms with Crippen molar-refractivity contribution in [3.05, 3.63) is 90.2 Å². The number of para-hydroxylation sites is 1. The number of benzene rings is 3. The Morgan fingerprint density at radius 2 is 1.50 bits per heavy atom. The number of hydrogen-bond acceptors (Lipinski definition) is 4. The number of piperazine rings is 1. The van der Waals surface area contributed by atoms with Crippen molar-refractivity contribution in [1.29, 1.82) is 0 Å². The Bertz CT molecular complexity index is 974. The van der Waals surface area contributed by atoms with Gasteiger partial charge in [-0.05, 0) is 35.9 Å². The van der Waals surface area contributed by atoms with E-state index in [0.29, 0.717) is 11.4 Å². The molecule has 1 N–H and O–H groups in total. The third kappa shape index (κ3) is 4.89. The summed E-state index contributed by atoms with van der Waals surface area (Å²) in [5, 5.41) is 2.58. The van der Waals surface area contributed by atoms with Gasteiger partial charge in [0.1, 0.15) is 12.4 Å². The number of hydrogen-bond donors (Lipinski definition) is 1. The number of ether oxygens (including phenoxy) is 1. The summed E-state index contributed by atoms with van der Waals surface area (Å²) >= 11 is 0. The van der Waals surface area contributed by atoms with Crippen molar-refractivity contribution in [2.75, 3.05) is 41.3 Å². The summed E-state index contributed by atoms with van der Waals surface area (Å²) in [6, 6.07) is 24.4. The number of carbonyl (C=O) groups is 1. The summed E-state index contributed by atoms with van der Waals surface area (Å²) in [7, 11) is 0. The molecule has 30 heavy (non-hydrogen) atoms. The Morgan fingerprint density at radius 3 is 2.17 bits per heavy atom. The van der Waals surface area contributed by atoms with Crippen LogP contribution in [0.4, 0.5) is 26.2 Å². The summed E-state index contributed by atoms with van der Waals surface area (Å²) in [4.78, 5) is 16.3. The highest BCUT2D eigenvalue weighted by Crippen LogP contribution is 2.25. The standard InChI is InChI=1S/C24H24FN3O2/c25-22-17-20(26-24(29)30-18-19-7-3-1-4-8-19)11-12-23(22)28-15-13-27(14-16-28)21-9-5-2-6-10-21/h1-12,17H,13-16,18H2,(H,26,29). The average molecular weight is 405 g/mol. The first-order valence-corrected chi connectivity index (χ1v) is 10.0. The van der Waals surface area contributed by atoms with Crippen LogP contribution in [0.15, 0.2) is 78.9 Å². The van der Waals surface area contributed by atoms with Crippen LogP contribution in [0.5, 0.6) is 0 Å². The molecule has 4 rings (SSSR count). The van der Waals surface area contributed by atoms with Crippen LogP contribution >= 0.6 is 0 Å². The monoisotopic (exact) mass is 405 g/mol. The molecule has 1 saturated heterocycles. The molecule has 0 saturated carbocycles. The summed E-state index contributed by atoms with van der Waals surface area (Å²) in [6.45, 7) is 3.29. The van der Waals surface area contributed by atoms with Crippen molar-refractivity contribution in [2.45, 2.75) is 6.61 Å². The molecule has 0 unspecified atom stereocenters. The van der Waals surface area contributed by atoms with Gasteiger partial charge in [-0.3, -0.25) is 5.32 Å². The maximum atomic E-state index is 14.7. The number of nitrogens with one attached hydrogen (secondary N) is 1. The molecular formula is C24H24FN3O2. The highest BCUT2D eigenvalue weighted by Gasteiger charge is 2.20. The van der Waals surface area contributed by atoms with Gasteiger partial charge >= 0.3 is 6.09 Å². The van der Waals surface area contributed by atoms with E-state index in [2.05, 4.69) is 22.3 Å². The quantitative estimate of drug-likeness (QED) is 0.656. The van der Waals surface area contributed by atoms with E-state index < -0.39 is 6.09 Å². The van der Waals surface area contributed by atoms with Crippen LogP contribution in [0.25, 0.3) is 0 Å². The summed E-state index contributed by atoms with van der Waals surface area (Å²) in [5.41, 5.74) is 3.00. The zero-order chi connectivity index (χ0) is 20.8. The number of amides is 1. The molecule has 154 valence electrons. The highest BCUT2D eigenvalue weighted by atomic mass is 19.1. The van der Waals surface area contributed by atoms with Gasteiger partial charge in [-0.15, -0.1) is 0 Å². The average Bonchev–Trinajstić information content (AvgIpc) is 2.79. The predicted molar refractivity (Wildman–Crippen MR) is 118 cm³/mol. The molecule has 6 heteroatoms. The van der Waals surface area contributed by atoms with Crippen LogP contribution in [0.1, 0.15) is 5.56 Å². The Balaban J connectivity index is 1.31. The Labute approximate surface area is 175 Å².